The summed E-state index contributed by atoms with van der Waals surface area (Å²) >= 11 is 1.89. The SMILES string of the molecule is COc1ccccc1CC(C)NCC(C)SC. The Hall–Kier alpha value is -0.670. The highest BCUT2D eigenvalue weighted by Gasteiger charge is 2.08. The summed E-state index contributed by atoms with van der Waals surface area (Å²) in [5, 5.41) is 4.22. The molecule has 1 aromatic carbocycles. The average molecular weight is 253 g/mol. The van der Waals surface area contributed by atoms with Gasteiger partial charge < -0.3 is 10.1 Å². The van der Waals surface area contributed by atoms with Crippen LogP contribution in [0, 0.1) is 0 Å². The highest BCUT2D eigenvalue weighted by Crippen LogP contribution is 2.18. The normalized spacial score (nSPS) is 14.4. The average Bonchev–Trinajstić information content (AvgIpc) is 2.36. The Morgan fingerprint density at radius 3 is 2.65 bits per heavy atom. The lowest BCUT2D eigenvalue weighted by molar-refractivity contribution is 0.406. The maximum atomic E-state index is 5.36. The predicted molar refractivity (Wildman–Crippen MR) is 77.1 cm³/mol. The van der Waals surface area contributed by atoms with E-state index in [1.807, 2.05) is 23.9 Å². The monoisotopic (exact) mass is 253 g/mol. The fourth-order valence-corrected chi connectivity index (χ4v) is 1.99. The van der Waals surface area contributed by atoms with Crippen LogP contribution >= 0.6 is 11.8 Å². The maximum Gasteiger partial charge on any atom is 0.122 e. The van der Waals surface area contributed by atoms with Crippen LogP contribution in [-0.4, -0.2) is 31.2 Å². The molecule has 0 bridgehead atoms. The van der Waals surface area contributed by atoms with Crippen molar-refractivity contribution in [3.63, 3.8) is 0 Å². The Balaban J connectivity index is 2.47. The van der Waals surface area contributed by atoms with Gasteiger partial charge in [-0.25, -0.2) is 0 Å². The van der Waals surface area contributed by atoms with Crippen molar-refractivity contribution in [2.45, 2.75) is 31.6 Å². The molecule has 0 saturated carbocycles. The molecule has 0 fully saturated rings. The summed E-state index contributed by atoms with van der Waals surface area (Å²) in [5.41, 5.74) is 1.27. The topological polar surface area (TPSA) is 21.3 Å². The van der Waals surface area contributed by atoms with E-state index in [1.54, 1.807) is 7.11 Å². The molecule has 0 amide bonds. The molecule has 0 radical (unpaired) electrons. The minimum atomic E-state index is 0.473. The van der Waals surface area contributed by atoms with Gasteiger partial charge in [-0.15, -0.1) is 0 Å². The van der Waals surface area contributed by atoms with E-state index in [2.05, 4.69) is 37.6 Å². The summed E-state index contributed by atoms with van der Waals surface area (Å²) < 4.78 is 5.36. The lowest BCUT2D eigenvalue weighted by atomic mass is 10.1. The van der Waals surface area contributed by atoms with Gasteiger partial charge >= 0.3 is 0 Å². The number of ether oxygens (including phenoxy) is 1. The molecule has 2 unspecified atom stereocenters. The Morgan fingerprint density at radius 2 is 2.00 bits per heavy atom. The Morgan fingerprint density at radius 1 is 1.29 bits per heavy atom. The first kappa shape index (κ1) is 14.4. The molecule has 2 nitrogen and oxygen atoms in total. The molecular weight excluding hydrogens is 230 g/mol. The molecule has 0 spiro atoms. The lowest BCUT2D eigenvalue weighted by Gasteiger charge is -2.17. The highest BCUT2D eigenvalue weighted by atomic mass is 32.2. The lowest BCUT2D eigenvalue weighted by Crippen LogP contribution is -2.32. The molecule has 1 aromatic rings. The van der Waals surface area contributed by atoms with E-state index in [4.69, 9.17) is 4.74 Å². The molecule has 0 aliphatic heterocycles. The summed E-state index contributed by atoms with van der Waals surface area (Å²) in [6.07, 6.45) is 3.16. The van der Waals surface area contributed by atoms with E-state index in [1.165, 1.54) is 5.56 Å². The fourth-order valence-electron chi connectivity index (χ4n) is 1.72. The fraction of sp³-hybridized carbons (Fsp3) is 0.571. The standard InChI is InChI=1S/C14H23NOS/c1-11(15-10-12(2)17-4)9-13-7-5-6-8-14(13)16-3/h5-8,11-12,15H,9-10H2,1-4H3. The van der Waals surface area contributed by atoms with Gasteiger partial charge in [0.2, 0.25) is 0 Å². The molecule has 96 valence electrons. The molecule has 0 saturated heterocycles. The van der Waals surface area contributed by atoms with Crippen LogP contribution in [-0.2, 0) is 6.42 Å². The number of hydrogen-bond donors (Lipinski definition) is 1. The van der Waals surface area contributed by atoms with Crippen molar-refractivity contribution in [1.82, 2.24) is 5.32 Å². The second kappa shape index (κ2) is 7.62. The minimum Gasteiger partial charge on any atom is -0.496 e. The van der Waals surface area contributed by atoms with Crippen LogP contribution in [0.25, 0.3) is 0 Å². The summed E-state index contributed by atoms with van der Waals surface area (Å²) in [6.45, 7) is 5.52. The molecular formula is C14H23NOS. The summed E-state index contributed by atoms with van der Waals surface area (Å²) in [4.78, 5) is 0. The van der Waals surface area contributed by atoms with Crippen molar-refractivity contribution in [3.05, 3.63) is 29.8 Å². The third-order valence-corrected chi connectivity index (χ3v) is 3.85. The Labute approximate surface area is 109 Å². The number of hydrogen-bond acceptors (Lipinski definition) is 3. The number of nitrogens with one attached hydrogen (secondary N) is 1. The van der Waals surface area contributed by atoms with Crippen LogP contribution in [0.15, 0.2) is 24.3 Å². The van der Waals surface area contributed by atoms with E-state index in [9.17, 15) is 0 Å². The van der Waals surface area contributed by atoms with E-state index < -0.39 is 0 Å². The van der Waals surface area contributed by atoms with Gasteiger partial charge in [0, 0.05) is 17.8 Å². The molecule has 1 N–H and O–H groups in total. The number of benzene rings is 1. The first-order valence-corrected chi connectivity index (χ1v) is 7.34. The van der Waals surface area contributed by atoms with E-state index in [0.29, 0.717) is 11.3 Å². The van der Waals surface area contributed by atoms with Crippen molar-refractivity contribution in [3.8, 4) is 5.75 Å². The molecule has 0 aromatic heterocycles. The second-order valence-corrected chi connectivity index (χ2v) is 5.65. The summed E-state index contributed by atoms with van der Waals surface area (Å²) in [5.74, 6) is 0.985. The molecule has 3 heteroatoms. The highest BCUT2D eigenvalue weighted by molar-refractivity contribution is 7.99. The van der Waals surface area contributed by atoms with Gasteiger partial charge in [0.1, 0.15) is 5.75 Å². The molecule has 1 rings (SSSR count). The molecule has 0 aliphatic rings. The number of para-hydroxylation sites is 1. The van der Waals surface area contributed by atoms with Crippen molar-refractivity contribution >= 4 is 11.8 Å². The molecule has 0 aliphatic carbocycles. The van der Waals surface area contributed by atoms with Crippen LogP contribution in [0.2, 0.25) is 0 Å². The van der Waals surface area contributed by atoms with Crippen LogP contribution < -0.4 is 10.1 Å². The molecule has 17 heavy (non-hydrogen) atoms. The minimum absolute atomic E-state index is 0.473. The van der Waals surface area contributed by atoms with Crippen LogP contribution in [0.1, 0.15) is 19.4 Å². The van der Waals surface area contributed by atoms with E-state index >= 15 is 0 Å². The van der Waals surface area contributed by atoms with E-state index in [-0.39, 0.29) is 0 Å². The van der Waals surface area contributed by atoms with Gasteiger partial charge in [0.25, 0.3) is 0 Å². The first-order valence-electron chi connectivity index (χ1n) is 6.05. The zero-order valence-electron chi connectivity index (χ0n) is 11.2. The van der Waals surface area contributed by atoms with Crippen molar-refractivity contribution < 1.29 is 4.74 Å². The van der Waals surface area contributed by atoms with Gasteiger partial charge in [-0.3, -0.25) is 0 Å². The summed E-state index contributed by atoms with van der Waals surface area (Å²) in [7, 11) is 1.73. The number of rotatable bonds is 7. The predicted octanol–water partition coefficient (Wildman–Crippen LogP) is 2.97. The van der Waals surface area contributed by atoms with Gasteiger partial charge in [0.15, 0.2) is 0 Å². The number of thioether (sulfide) groups is 1. The largest absolute Gasteiger partial charge is 0.496 e. The third kappa shape index (κ3) is 5.00. The van der Waals surface area contributed by atoms with Gasteiger partial charge in [-0.05, 0) is 31.2 Å². The maximum absolute atomic E-state index is 5.36. The second-order valence-electron chi connectivity index (χ2n) is 4.37. The van der Waals surface area contributed by atoms with Crippen LogP contribution in [0.3, 0.4) is 0 Å². The van der Waals surface area contributed by atoms with Crippen LogP contribution in [0.4, 0.5) is 0 Å². The Kier molecular flexibility index (Phi) is 6.45. The molecule has 0 heterocycles. The molecule has 2 atom stereocenters. The zero-order valence-corrected chi connectivity index (χ0v) is 12.0. The van der Waals surface area contributed by atoms with Crippen molar-refractivity contribution in [2.24, 2.45) is 0 Å². The van der Waals surface area contributed by atoms with Crippen LogP contribution in [0.5, 0.6) is 5.75 Å². The van der Waals surface area contributed by atoms with Crippen molar-refractivity contribution in [1.29, 1.82) is 0 Å². The number of methoxy groups -OCH3 is 1. The van der Waals surface area contributed by atoms with Crippen molar-refractivity contribution in [2.75, 3.05) is 19.9 Å². The van der Waals surface area contributed by atoms with E-state index in [0.717, 1.165) is 18.7 Å². The smallest absolute Gasteiger partial charge is 0.122 e. The Bertz CT molecular complexity index is 330. The van der Waals surface area contributed by atoms with Gasteiger partial charge in [0.05, 0.1) is 7.11 Å². The third-order valence-electron chi connectivity index (χ3n) is 2.87. The first-order chi connectivity index (χ1) is 8.17. The van der Waals surface area contributed by atoms with Gasteiger partial charge in [-0.1, -0.05) is 25.1 Å². The zero-order chi connectivity index (χ0) is 12.7. The quantitative estimate of drug-likeness (QED) is 0.807. The van der Waals surface area contributed by atoms with Gasteiger partial charge in [-0.2, -0.15) is 11.8 Å². The summed E-state index contributed by atoms with van der Waals surface area (Å²) in [6, 6.07) is 8.70.